The molecule has 1 atom stereocenters. The Hall–Kier alpha value is -3.10. The Labute approximate surface area is 169 Å². The number of nitrogens with zero attached hydrogens (tertiary/aromatic N) is 3. The van der Waals surface area contributed by atoms with Gasteiger partial charge in [-0.15, -0.1) is 0 Å². The molecule has 0 aliphatic rings. The molecule has 2 N–H and O–H groups in total. The number of carbonyl (C=O) groups is 2. The topological polar surface area (TPSA) is 155 Å². The quantitative estimate of drug-likeness (QED) is 0.242. The molecule has 0 bridgehead atoms. The van der Waals surface area contributed by atoms with E-state index in [1.165, 1.54) is 24.3 Å². The molecule has 10 nitrogen and oxygen atoms in total. The van der Waals surface area contributed by atoms with Crippen LogP contribution in [0.25, 0.3) is 5.53 Å². The second-order valence-corrected chi connectivity index (χ2v) is 8.10. The standard InChI is InChI=1S/C11H10N4O5.C8H18O/c12-13-6-10(16)9(14-11(17)18)5-7-1-3-8(4-2-7)15(19)20;1-7(2,3)9-8(4,5)6/h1-4,6,9,14H,5H2,(H,17,18);1-6H3/t9-;/m0./s1. The summed E-state index contributed by atoms with van der Waals surface area (Å²) in [5, 5.41) is 21.1. The predicted octanol–water partition coefficient (Wildman–Crippen LogP) is 3.24. The molecule has 0 aromatic heterocycles. The monoisotopic (exact) mass is 408 g/mol. The van der Waals surface area contributed by atoms with Crippen LogP contribution in [-0.2, 0) is 16.0 Å². The zero-order chi connectivity index (χ0) is 22.8. The van der Waals surface area contributed by atoms with Gasteiger partial charge in [0.25, 0.3) is 11.5 Å². The van der Waals surface area contributed by atoms with Gasteiger partial charge in [-0.05, 0) is 47.1 Å². The van der Waals surface area contributed by atoms with Crippen molar-refractivity contribution in [3.63, 3.8) is 0 Å². The number of non-ortho nitro benzene ring substituents is 1. The molecule has 0 radical (unpaired) electrons. The summed E-state index contributed by atoms with van der Waals surface area (Å²) in [7, 11) is 0. The van der Waals surface area contributed by atoms with E-state index in [2.05, 4.69) is 46.3 Å². The fraction of sp³-hybridized carbons (Fsp3) is 0.526. The summed E-state index contributed by atoms with van der Waals surface area (Å²) in [6, 6.07) is 4.19. The van der Waals surface area contributed by atoms with Gasteiger partial charge >= 0.3 is 12.3 Å². The fourth-order valence-electron chi connectivity index (χ4n) is 2.43. The first kappa shape index (κ1) is 25.9. The number of benzene rings is 1. The third kappa shape index (κ3) is 12.8. The molecule has 0 fully saturated rings. The number of hydrogen-bond donors (Lipinski definition) is 2. The van der Waals surface area contributed by atoms with E-state index in [1.54, 1.807) is 0 Å². The van der Waals surface area contributed by atoms with Crippen molar-refractivity contribution in [1.29, 1.82) is 0 Å². The second-order valence-electron chi connectivity index (χ2n) is 8.10. The summed E-state index contributed by atoms with van der Waals surface area (Å²) in [4.78, 5) is 34.6. The van der Waals surface area contributed by atoms with Gasteiger partial charge in [-0.3, -0.25) is 14.9 Å². The minimum absolute atomic E-state index is 0.0156. The number of ketones is 1. The molecule has 0 aliphatic heterocycles. The molecule has 0 aliphatic carbocycles. The maximum Gasteiger partial charge on any atom is 0.405 e. The number of amides is 1. The number of nitro groups is 1. The third-order valence-electron chi connectivity index (χ3n) is 3.03. The van der Waals surface area contributed by atoms with Crippen molar-refractivity contribution in [3.05, 3.63) is 45.5 Å². The zero-order valence-electron chi connectivity index (χ0n) is 17.5. The Kier molecular flexibility index (Phi) is 9.86. The van der Waals surface area contributed by atoms with Crippen molar-refractivity contribution in [3.8, 4) is 0 Å². The fourth-order valence-corrected chi connectivity index (χ4v) is 2.43. The Balaban J connectivity index is 0.000000734. The van der Waals surface area contributed by atoms with E-state index in [-0.39, 0.29) is 23.3 Å². The highest BCUT2D eigenvalue weighted by atomic mass is 16.6. The Morgan fingerprint density at radius 1 is 1.21 bits per heavy atom. The summed E-state index contributed by atoms with van der Waals surface area (Å²) in [6.07, 6.45) is -0.835. The Morgan fingerprint density at radius 3 is 2.00 bits per heavy atom. The molecule has 10 heteroatoms. The molecular weight excluding hydrogens is 380 g/mol. The van der Waals surface area contributed by atoms with Gasteiger partial charge in [0, 0.05) is 18.6 Å². The Morgan fingerprint density at radius 2 is 1.69 bits per heavy atom. The number of Topliss-reactive ketones (excluding diaryl/α,β-unsaturated/α-hetero) is 1. The smallest absolute Gasteiger partial charge is 0.405 e. The highest BCUT2D eigenvalue weighted by molar-refractivity contribution is 6.28. The van der Waals surface area contributed by atoms with Crippen LogP contribution in [0.2, 0.25) is 0 Å². The van der Waals surface area contributed by atoms with Crippen molar-refractivity contribution in [2.24, 2.45) is 0 Å². The summed E-state index contributed by atoms with van der Waals surface area (Å²) >= 11 is 0. The first-order valence-corrected chi connectivity index (χ1v) is 8.79. The van der Waals surface area contributed by atoms with Gasteiger partial charge in [-0.1, -0.05) is 12.1 Å². The lowest BCUT2D eigenvalue weighted by atomic mass is 10.0. The predicted molar refractivity (Wildman–Crippen MR) is 107 cm³/mol. The lowest BCUT2D eigenvalue weighted by Gasteiger charge is -2.30. The van der Waals surface area contributed by atoms with Crippen molar-refractivity contribution < 1.29 is 29.1 Å². The van der Waals surface area contributed by atoms with E-state index in [9.17, 15) is 19.7 Å². The van der Waals surface area contributed by atoms with Gasteiger partial charge in [0.05, 0.1) is 16.1 Å². The Bertz CT molecular complexity index is 744. The van der Waals surface area contributed by atoms with Crippen LogP contribution < -0.4 is 5.32 Å². The SMILES string of the molecule is CC(C)(C)OC(C)(C)C.[N-]=[N+]=CC(=O)[C@H](Cc1ccc([N+](=O)[O-])cc1)NC(=O)O. The minimum Gasteiger partial charge on any atom is -0.465 e. The normalized spacial score (nSPS) is 11.9. The van der Waals surface area contributed by atoms with Crippen LogP contribution in [0.15, 0.2) is 24.3 Å². The lowest BCUT2D eigenvalue weighted by Crippen LogP contribution is -2.42. The molecule has 0 saturated heterocycles. The van der Waals surface area contributed by atoms with Crippen LogP contribution in [0.5, 0.6) is 0 Å². The first-order valence-electron chi connectivity index (χ1n) is 8.79. The summed E-state index contributed by atoms with van der Waals surface area (Å²) in [5.41, 5.74) is 8.66. The number of rotatable bonds is 6. The highest BCUT2D eigenvalue weighted by Crippen LogP contribution is 2.18. The van der Waals surface area contributed by atoms with Crippen LogP contribution in [0.4, 0.5) is 10.5 Å². The molecule has 0 saturated carbocycles. The van der Waals surface area contributed by atoms with Crippen molar-refractivity contribution in [2.45, 2.75) is 65.2 Å². The first-order chi connectivity index (χ1) is 13.1. The molecule has 0 spiro atoms. The van der Waals surface area contributed by atoms with Crippen LogP contribution in [-0.4, -0.2) is 50.2 Å². The number of hydrogen-bond acceptors (Lipinski definition) is 5. The van der Waals surface area contributed by atoms with Gasteiger partial charge in [0.1, 0.15) is 6.04 Å². The number of carbonyl (C=O) groups excluding carboxylic acids is 1. The van der Waals surface area contributed by atoms with Crippen LogP contribution >= 0.6 is 0 Å². The molecule has 1 rings (SSSR count). The van der Waals surface area contributed by atoms with Gasteiger partial charge < -0.3 is 20.7 Å². The number of ether oxygens (including phenoxy) is 1. The van der Waals surface area contributed by atoms with Gasteiger partial charge in [0.15, 0.2) is 0 Å². The van der Waals surface area contributed by atoms with E-state index in [0.717, 1.165) is 0 Å². The molecule has 160 valence electrons. The van der Waals surface area contributed by atoms with Gasteiger partial charge in [-0.25, -0.2) is 4.79 Å². The molecular formula is C19H28N4O6. The number of nitro benzene ring substituents is 1. The van der Waals surface area contributed by atoms with E-state index in [0.29, 0.717) is 11.8 Å². The van der Waals surface area contributed by atoms with E-state index < -0.39 is 22.8 Å². The second kappa shape index (κ2) is 11.0. The van der Waals surface area contributed by atoms with E-state index >= 15 is 0 Å². The lowest BCUT2D eigenvalue weighted by molar-refractivity contribution is -0.384. The van der Waals surface area contributed by atoms with Crippen LogP contribution in [0, 0.1) is 10.1 Å². The van der Waals surface area contributed by atoms with Crippen LogP contribution in [0.3, 0.4) is 0 Å². The molecule has 1 aromatic carbocycles. The molecule has 0 unspecified atom stereocenters. The summed E-state index contributed by atoms with van der Waals surface area (Å²) in [6.45, 7) is 12.4. The molecule has 1 amide bonds. The average Bonchev–Trinajstić information content (AvgIpc) is 2.51. The third-order valence-corrected chi connectivity index (χ3v) is 3.03. The van der Waals surface area contributed by atoms with Crippen molar-refractivity contribution >= 4 is 23.8 Å². The molecule has 1 aromatic rings. The zero-order valence-corrected chi connectivity index (χ0v) is 17.5. The van der Waals surface area contributed by atoms with Crippen molar-refractivity contribution in [1.82, 2.24) is 5.32 Å². The number of carboxylic acid groups (broad SMARTS) is 1. The summed E-state index contributed by atoms with van der Waals surface area (Å²) < 4.78 is 5.62. The maximum absolute atomic E-state index is 11.5. The maximum atomic E-state index is 11.5. The minimum atomic E-state index is -1.41. The van der Waals surface area contributed by atoms with Gasteiger partial charge in [-0.2, -0.15) is 4.79 Å². The summed E-state index contributed by atoms with van der Waals surface area (Å²) in [5.74, 6) is -0.728. The molecule has 29 heavy (non-hydrogen) atoms. The van der Waals surface area contributed by atoms with E-state index in [4.69, 9.17) is 15.4 Å². The largest absolute Gasteiger partial charge is 0.465 e. The highest BCUT2D eigenvalue weighted by Gasteiger charge is 2.22. The van der Waals surface area contributed by atoms with E-state index in [1.807, 2.05) is 5.32 Å². The average molecular weight is 408 g/mol. The molecule has 0 heterocycles. The number of nitrogens with one attached hydrogen (secondary N) is 1. The van der Waals surface area contributed by atoms with Gasteiger partial charge in [0.2, 0.25) is 0 Å². The van der Waals surface area contributed by atoms with Crippen LogP contribution in [0.1, 0.15) is 47.1 Å². The van der Waals surface area contributed by atoms with Crippen molar-refractivity contribution in [2.75, 3.05) is 0 Å².